The lowest BCUT2D eigenvalue weighted by Gasteiger charge is -2.25. The molecule has 0 spiro atoms. The second-order valence-electron chi connectivity index (χ2n) is 19.4. The van der Waals surface area contributed by atoms with Crippen LogP contribution in [0.15, 0.2) is 182 Å². The molecule has 0 radical (unpaired) electrons. The Morgan fingerprint density at radius 3 is 0.922 bits per heavy atom. The van der Waals surface area contributed by atoms with Crippen molar-refractivity contribution >= 4 is 129 Å². The molecule has 0 fully saturated rings. The summed E-state index contributed by atoms with van der Waals surface area (Å²) in [5.74, 6) is 0. The quantitative estimate of drug-likeness (QED) is 0.154. The maximum absolute atomic E-state index is 2.54. The van der Waals surface area contributed by atoms with Gasteiger partial charge in [0, 0.05) is 85.2 Å². The zero-order chi connectivity index (χ0) is 43.5. The van der Waals surface area contributed by atoms with Crippen molar-refractivity contribution in [2.75, 3.05) is 9.80 Å². The number of hydrogen-bond donors (Lipinski definition) is 0. The van der Waals surface area contributed by atoms with Crippen LogP contribution >= 0.6 is 22.7 Å². The summed E-state index contributed by atoms with van der Waals surface area (Å²) in [4.78, 5) is 4.76. The first-order chi connectivity index (χ1) is 31.0. The second-order valence-corrected chi connectivity index (χ2v) is 21.5. The van der Waals surface area contributed by atoms with Gasteiger partial charge in [-0.2, -0.15) is 0 Å². The number of nitrogens with zero attached hydrogens (tertiary/aromatic N) is 2. The van der Waals surface area contributed by atoms with E-state index < -0.39 is 0 Å². The fourth-order valence-electron chi connectivity index (χ4n) is 10.0. The predicted molar refractivity (Wildman–Crippen MR) is 283 cm³/mol. The minimum absolute atomic E-state index is 0.0525. The van der Waals surface area contributed by atoms with E-state index in [9.17, 15) is 0 Å². The Kier molecular flexibility index (Phi) is 8.76. The van der Waals surface area contributed by atoms with Crippen molar-refractivity contribution in [2.45, 2.75) is 52.4 Å². The number of fused-ring (bicyclic) bond motifs is 10. The van der Waals surface area contributed by atoms with Gasteiger partial charge >= 0.3 is 0 Å². The number of thiophene rings is 2. The summed E-state index contributed by atoms with van der Waals surface area (Å²) in [6.45, 7) is 14.2. The smallest absolute Gasteiger partial charge is 0.0476 e. The van der Waals surface area contributed by atoms with Gasteiger partial charge in [-0.05, 0) is 141 Å². The van der Waals surface area contributed by atoms with Crippen molar-refractivity contribution in [3.05, 3.63) is 193 Å². The molecular weight excluding hydrogens is 813 g/mol. The maximum atomic E-state index is 2.54. The van der Waals surface area contributed by atoms with E-state index in [4.69, 9.17) is 0 Å². The molecule has 10 aromatic carbocycles. The molecule has 0 atom stereocenters. The second kappa shape index (κ2) is 14.4. The van der Waals surface area contributed by atoms with Crippen LogP contribution in [0.2, 0.25) is 0 Å². The van der Waals surface area contributed by atoms with E-state index in [1.54, 1.807) is 0 Å². The minimum Gasteiger partial charge on any atom is -0.310 e. The lowest BCUT2D eigenvalue weighted by molar-refractivity contribution is 0.591. The van der Waals surface area contributed by atoms with Crippen molar-refractivity contribution in [1.29, 1.82) is 0 Å². The van der Waals surface area contributed by atoms with Gasteiger partial charge in [0.1, 0.15) is 0 Å². The topological polar surface area (TPSA) is 6.48 Å². The highest BCUT2D eigenvalue weighted by Crippen LogP contribution is 2.55. The molecule has 4 heteroatoms. The Morgan fingerprint density at radius 1 is 0.297 bits per heavy atom. The lowest BCUT2D eigenvalue weighted by Crippen LogP contribution is -2.12. The standard InChI is InChI=1S/C60H48N2S2/c1-59(2,3)37-31-47-53-49(33-37)57-56(46-30-28-44(36-52(46)63-57)62(41-23-15-9-16-24-41)42-25-17-10-18-26-42)48-32-38(60(4,5)6)34-50(54(48)53)58-55(47)45-29-27-43(35-51(45)64-58)61(39-19-11-7-12-20-39)40-21-13-8-14-22-40/h7-36H,1-6H3. The fraction of sp³-hybridized carbons (Fsp3) is 0.133. The highest BCUT2D eigenvalue weighted by Gasteiger charge is 2.28. The van der Waals surface area contributed by atoms with Crippen LogP contribution in [-0.2, 0) is 10.8 Å². The van der Waals surface area contributed by atoms with Gasteiger partial charge in [-0.1, -0.05) is 126 Å². The number of benzene rings is 10. The average molecular weight is 861 g/mol. The zero-order valence-electron chi connectivity index (χ0n) is 37.0. The molecule has 0 unspecified atom stereocenters. The van der Waals surface area contributed by atoms with E-state index in [0.717, 1.165) is 34.1 Å². The van der Waals surface area contributed by atoms with Crippen LogP contribution in [0, 0.1) is 0 Å². The molecule has 0 N–H and O–H groups in total. The first-order valence-electron chi connectivity index (χ1n) is 22.3. The van der Waals surface area contributed by atoms with E-state index in [1.807, 2.05) is 22.7 Å². The Balaban J connectivity index is 1.19. The van der Waals surface area contributed by atoms with Gasteiger partial charge in [-0.15, -0.1) is 22.7 Å². The fourth-order valence-corrected chi connectivity index (χ4v) is 12.6. The van der Waals surface area contributed by atoms with E-state index >= 15 is 0 Å². The van der Waals surface area contributed by atoms with Crippen LogP contribution in [-0.4, -0.2) is 0 Å². The van der Waals surface area contributed by atoms with Crippen molar-refractivity contribution in [1.82, 2.24) is 0 Å². The zero-order valence-corrected chi connectivity index (χ0v) is 38.7. The van der Waals surface area contributed by atoms with Gasteiger partial charge in [0.25, 0.3) is 0 Å². The van der Waals surface area contributed by atoms with Crippen molar-refractivity contribution in [2.24, 2.45) is 0 Å². The van der Waals surface area contributed by atoms with Gasteiger partial charge < -0.3 is 9.80 Å². The molecule has 64 heavy (non-hydrogen) atoms. The Morgan fingerprint density at radius 2 is 0.609 bits per heavy atom. The first-order valence-corrected chi connectivity index (χ1v) is 24.0. The molecule has 2 nitrogen and oxygen atoms in total. The average Bonchev–Trinajstić information content (AvgIpc) is 3.89. The van der Waals surface area contributed by atoms with E-state index in [1.165, 1.54) is 83.8 Å². The van der Waals surface area contributed by atoms with E-state index in [0.29, 0.717) is 0 Å². The van der Waals surface area contributed by atoms with Crippen LogP contribution in [0.25, 0.3) is 72.7 Å². The van der Waals surface area contributed by atoms with E-state index in [2.05, 4.69) is 233 Å². The van der Waals surface area contributed by atoms with Crippen LogP contribution in [0.3, 0.4) is 0 Å². The molecular formula is C60H48N2S2. The monoisotopic (exact) mass is 860 g/mol. The maximum Gasteiger partial charge on any atom is 0.0476 e. The van der Waals surface area contributed by atoms with Crippen LogP contribution in [0.5, 0.6) is 0 Å². The van der Waals surface area contributed by atoms with Gasteiger partial charge in [-0.3, -0.25) is 0 Å². The molecule has 2 heterocycles. The van der Waals surface area contributed by atoms with Crippen molar-refractivity contribution in [3.8, 4) is 0 Å². The largest absolute Gasteiger partial charge is 0.310 e. The number of rotatable bonds is 6. The molecule has 0 saturated heterocycles. The summed E-state index contributed by atoms with van der Waals surface area (Å²) in [6.07, 6.45) is 0. The summed E-state index contributed by atoms with van der Waals surface area (Å²) >= 11 is 3.92. The van der Waals surface area contributed by atoms with Gasteiger partial charge in [0.2, 0.25) is 0 Å². The molecule has 12 rings (SSSR count). The Bertz CT molecular complexity index is 3400. The molecule has 0 saturated carbocycles. The van der Waals surface area contributed by atoms with Gasteiger partial charge in [0.05, 0.1) is 0 Å². The summed E-state index contributed by atoms with van der Waals surface area (Å²) in [5.41, 5.74) is 9.53. The third kappa shape index (κ3) is 6.11. The predicted octanol–water partition coefficient (Wildman–Crippen LogP) is 18.9. The molecule has 0 aliphatic rings. The SMILES string of the molecule is CC(C)(C)c1cc2c3sc4cc(N(c5ccccc5)c5ccccc5)ccc4c3c3cc(C(C)(C)C)cc4c5sc6cc(N(c7ccccc7)c7ccccc7)ccc6c5c(c1)c2c43. The first kappa shape index (κ1) is 38.9. The Labute approximate surface area is 382 Å². The van der Waals surface area contributed by atoms with Crippen molar-refractivity contribution in [3.63, 3.8) is 0 Å². The molecule has 2 aromatic heterocycles. The van der Waals surface area contributed by atoms with Crippen molar-refractivity contribution < 1.29 is 0 Å². The summed E-state index contributed by atoms with van der Waals surface area (Å²) in [7, 11) is 0. The molecule has 0 bridgehead atoms. The van der Waals surface area contributed by atoms with Crippen LogP contribution < -0.4 is 9.80 Å². The van der Waals surface area contributed by atoms with Crippen LogP contribution in [0.4, 0.5) is 34.1 Å². The number of anilines is 6. The Hall–Kier alpha value is -6.72. The highest BCUT2D eigenvalue weighted by molar-refractivity contribution is 7.27. The van der Waals surface area contributed by atoms with Crippen LogP contribution in [0.1, 0.15) is 52.7 Å². The number of para-hydroxylation sites is 4. The minimum atomic E-state index is -0.0525. The molecule has 12 aromatic rings. The van der Waals surface area contributed by atoms with E-state index in [-0.39, 0.29) is 10.8 Å². The highest BCUT2D eigenvalue weighted by atomic mass is 32.1. The van der Waals surface area contributed by atoms with Gasteiger partial charge in [0.15, 0.2) is 0 Å². The lowest BCUT2D eigenvalue weighted by atomic mass is 9.79. The van der Waals surface area contributed by atoms with Gasteiger partial charge in [-0.25, -0.2) is 0 Å². The normalized spacial score (nSPS) is 12.5. The third-order valence-corrected chi connectivity index (χ3v) is 15.6. The summed E-state index contributed by atoms with van der Waals surface area (Å²) < 4.78 is 5.35. The molecule has 0 aliphatic heterocycles. The third-order valence-electron chi connectivity index (χ3n) is 13.2. The molecule has 0 aliphatic carbocycles. The molecule has 0 amide bonds. The molecule has 310 valence electrons. The summed E-state index contributed by atoms with van der Waals surface area (Å²) in [6, 6.07) is 67.5. The summed E-state index contributed by atoms with van der Waals surface area (Å²) in [5, 5.41) is 13.6. The number of hydrogen-bond acceptors (Lipinski definition) is 4.